The van der Waals surface area contributed by atoms with Gasteiger partial charge in [0.2, 0.25) is 11.8 Å². The van der Waals surface area contributed by atoms with Crippen LogP contribution in [-0.2, 0) is 25.5 Å². The summed E-state index contributed by atoms with van der Waals surface area (Å²) in [5.74, 6) is -1.67. The van der Waals surface area contributed by atoms with E-state index in [1.807, 2.05) is 30.3 Å². The van der Waals surface area contributed by atoms with E-state index >= 15 is 0 Å². The largest absolute Gasteiger partial charge is 0.463 e. The third-order valence-electron chi connectivity index (χ3n) is 8.07. The van der Waals surface area contributed by atoms with E-state index in [0.29, 0.717) is 19.3 Å². The molecule has 2 aliphatic rings. The van der Waals surface area contributed by atoms with Crippen LogP contribution in [0.1, 0.15) is 76.2 Å². The molecule has 1 aromatic rings. The second-order valence-electron chi connectivity index (χ2n) is 11.1. The lowest BCUT2D eigenvalue weighted by Crippen LogP contribution is -2.53. The highest BCUT2D eigenvalue weighted by Crippen LogP contribution is 2.32. The fraction of sp³-hybridized carbons (Fsp3) is 0.581. The van der Waals surface area contributed by atoms with Gasteiger partial charge in [-0.3, -0.25) is 14.4 Å². The van der Waals surface area contributed by atoms with E-state index in [1.165, 1.54) is 0 Å². The summed E-state index contributed by atoms with van der Waals surface area (Å²) in [5.41, 5.74) is -0.146. The van der Waals surface area contributed by atoms with Crippen LogP contribution in [0.25, 0.3) is 0 Å². The first-order valence-corrected chi connectivity index (χ1v) is 14.0. The van der Waals surface area contributed by atoms with Gasteiger partial charge in [-0.05, 0) is 50.5 Å². The van der Waals surface area contributed by atoms with Crippen LogP contribution in [0.15, 0.2) is 55.6 Å². The molecule has 2 aliphatic carbocycles. The molecule has 38 heavy (non-hydrogen) atoms. The lowest BCUT2D eigenvalue weighted by molar-refractivity contribution is -0.151. The number of hydrogen-bond acceptors (Lipinski definition) is 5. The van der Waals surface area contributed by atoms with E-state index in [2.05, 4.69) is 23.8 Å². The minimum absolute atomic E-state index is 0.0218. The second kappa shape index (κ2) is 14.3. The van der Waals surface area contributed by atoms with Crippen LogP contribution in [0.2, 0.25) is 0 Å². The normalized spacial score (nSPS) is 19.2. The fourth-order valence-electron chi connectivity index (χ4n) is 5.84. The summed E-state index contributed by atoms with van der Waals surface area (Å²) in [4.78, 5) is 39.3. The van der Waals surface area contributed by atoms with Crippen LogP contribution in [-0.4, -0.2) is 47.2 Å². The van der Waals surface area contributed by atoms with Gasteiger partial charge in [-0.1, -0.05) is 68.2 Å². The summed E-state index contributed by atoms with van der Waals surface area (Å²) >= 11 is 0. The molecule has 0 aromatic heterocycles. The van der Waals surface area contributed by atoms with Gasteiger partial charge in [-0.25, -0.2) is 0 Å². The minimum atomic E-state index is -0.633. The van der Waals surface area contributed by atoms with Gasteiger partial charge >= 0.3 is 5.97 Å². The Balaban J connectivity index is 1.61. The van der Waals surface area contributed by atoms with Gasteiger partial charge in [0.25, 0.3) is 0 Å². The highest BCUT2D eigenvalue weighted by Gasteiger charge is 2.40. The molecular weight excluding hydrogens is 480 g/mol. The quantitative estimate of drug-likeness (QED) is 0.233. The lowest BCUT2D eigenvalue weighted by Gasteiger charge is -2.33. The summed E-state index contributed by atoms with van der Waals surface area (Å²) in [6, 6.07) is 9.83. The van der Waals surface area contributed by atoms with Crippen LogP contribution in [0.5, 0.6) is 0 Å². The van der Waals surface area contributed by atoms with Crippen LogP contribution in [0.3, 0.4) is 0 Å². The Bertz CT molecular complexity index is 948. The van der Waals surface area contributed by atoms with Crippen molar-refractivity contribution in [3.63, 3.8) is 0 Å². The zero-order chi connectivity index (χ0) is 27.4. The predicted octanol–water partition coefficient (Wildman–Crippen LogP) is 4.40. The maximum Gasteiger partial charge on any atom is 0.309 e. The Labute approximate surface area is 227 Å². The third kappa shape index (κ3) is 8.29. The SMILES string of the molecule is C=CCC(CC(=O)NC1(CO)CCCC1)C(=O)NC1(COC(=O)C(CC=C)Cc2ccccc2)CCCC1. The van der Waals surface area contributed by atoms with E-state index < -0.39 is 17.0 Å². The number of allylic oxidation sites excluding steroid dienone is 2. The van der Waals surface area contributed by atoms with Crippen LogP contribution in [0, 0.1) is 11.8 Å². The summed E-state index contributed by atoms with van der Waals surface area (Å²) in [7, 11) is 0. The molecule has 7 heteroatoms. The molecule has 0 aliphatic heterocycles. The van der Waals surface area contributed by atoms with Gasteiger partial charge in [0.15, 0.2) is 0 Å². The molecule has 2 atom stereocenters. The number of carbonyl (C=O) groups excluding carboxylic acids is 3. The first-order valence-electron chi connectivity index (χ1n) is 14.0. The topological polar surface area (TPSA) is 105 Å². The first-order chi connectivity index (χ1) is 18.3. The highest BCUT2D eigenvalue weighted by atomic mass is 16.5. The van der Waals surface area contributed by atoms with Gasteiger partial charge in [0, 0.05) is 6.42 Å². The Hall–Kier alpha value is -2.93. The predicted molar refractivity (Wildman–Crippen MR) is 148 cm³/mol. The average molecular weight is 525 g/mol. The number of ether oxygens (including phenoxy) is 1. The number of esters is 1. The third-order valence-corrected chi connectivity index (χ3v) is 8.07. The molecule has 3 N–H and O–H groups in total. The Morgan fingerprint density at radius 2 is 1.47 bits per heavy atom. The van der Waals surface area contributed by atoms with E-state index in [4.69, 9.17) is 4.74 Å². The molecule has 2 unspecified atom stereocenters. The molecule has 0 radical (unpaired) electrons. The summed E-state index contributed by atoms with van der Waals surface area (Å²) in [6.45, 7) is 7.59. The molecule has 1 aromatic carbocycles. The smallest absolute Gasteiger partial charge is 0.309 e. The Morgan fingerprint density at radius 3 is 2.05 bits per heavy atom. The van der Waals surface area contributed by atoms with Crippen molar-refractivity contribution in [1.82, 2.24) is 10.6 Å². The molecule has 0 bridgehead atoms. The molecular formula is C31H44N2O5. The minimum Gasteiger partial charge on any atom is -0.463 e. The number of nitrogens with one attached hydrogen (secondary N) is 2. The molecule has 7 nitrogen and oxygen atoms in total. The number of amides is 2. The Kier molecular flexibility index (Phi) is 11.1. The van der Waals surface area contributed by atoms with Crippen molar-refractivity contribution in [2.45, 2.75) is 88.1 Å². The van der Waals surface area contributed by atoms with E-state index in [0.717, 1.165) is 56.9 Å². The van der Waals surface area contributed by atoms with E-state index in [1.54, 1.807) is 12.2 Å². The summed E-state index contributed by atoms with van der Waals surface area (Å²) in [5, 5.41) is 16.0. The van der Waals surface area contributed by atoms with Gasteiger partial charge in [-0.2, -0.15) is 0 Å². The van der Waals surface area contributed by atoms with Crippen molar-refractivity contribution in [2.75, 3.05) is 13.2 Å². The van der Waals surface area contributed by atoms with Gasteiger partial charge in [0.1, 0.15) is 6.61 Å². The molecule has 3 rings (SSSR count). The molecule has 2 fully saturated rings. The lowest BCUT2D eigenvalue weighted by atomic mass is 9.93. The van der Waals surface area contributed by atoms with Gasteiger partial charge in [0.05, 0.1) is 29.5 Å². The van der Waals surface area contributed by atoms with Crippen molar-refractivity contribution in [1.29, 1.82) is 0 Å². The van der Waals surface area contributed by atoms with Crippen LogP contribution < -0.4 is 10.6 Å². The second-order valence-corrected chi connectivity index (χ2v) is 11.1. The molecule has 2 saturated carbocycles. The van der Waals surface area contributed by atoms with Crippen LogP contribution in [0.4, 0.5) is 0 Å². The van der Waals surface area contributed by atoms with Crippen molar-refractivity contribution in [2.24, 2.45) is 11.8 Å². The molecule has 0 saturated heterocycles. The maximum atomic E-state index is 13.4. The maximum absolute atomic E-state index is 13.4. The van der Waals surface area contributed by atoms with Crippen molar-refractivity contribution >= 4 is 17.8 Å². The van der Waals surface area contributed by atoms with Crippen LogP contribution >= 0.6 is 0 Å². The molecule has 0 spiro atoms. The van der Waals surface area contributed by atoms with Crippen molar-refractivity contribution in [3.8, 4) is 0 Å². The molecule has 0 heterocycles. The summed E-state index contributed by atoms with van der Waals surface area (Å²) in [6.07, 6.45) is 11.6. The summed E-state index contributed by atoms with van der Waals surface area (Å²) < 4.78 is 5.83. The number of aliphatic hydroxyl groups is 1. The Morgan fingerprint density at radius 1 is 0.895 bits per heavy atom. The number of hydrogen-bond donors (Lipinski definition) is 3. The zero-order valence-electron chi connectivity index (χ0n) is 22.6. The van der Waals surface area contributed by atoms with E-state index in [-0.39, 0.29) is 43.3 Å². The monoisotopic (exact) mass is 524 g/mol. The molecule has 2 amide bonds. The van der Waals surface area contributed by atoms with Crippen molar-refractivity contribution in [3.05, 3.63) is 61.2 Å². The number of rotatable bonds is 15. The van der Waals surface area contributed by atoms with Gasteiger partial charge in [-0.15, -0.1) is 13.2 Å². The first kappa shape index (κ1) is 29.6. The molecule has 208 valence electrons. The fourth-order valence-corrected chi connectivity index (χ4v) is 5.84. The standard InChI is InChI=1S/C31H44N2O5/c1-3-12-25(21-27(35)32-30(22-34)16-8-9-17-30)28(36)33-31(18-10-11-19-31)23-38-29(37)26(13-4-2)20-24-14-6-5-7-15-24/h3-7,14-15,25-26,34H,1-2,8-13,16-23H2,(H,32,35)(H,33,36). The number of aliphatic hydroxyl groups excluding tert-OH is 1. The number of benzene rings is 1. The highest BCUT2D eigenvalue weighted by molar-refractivity contribution is 5.86. The average Bonchev–Trinajstić information content (AvgIpc) is 3.58. The van der Waals surface area contributed by atoms with Gasteiger partial charge < -0.3 is 20.5 Å². The zero-order valence-corrected chi connectivity index (χ0v) is 22.6. The number of carbonyl (C=O) groups is 3. The van der Waals surface area contributed by atoms with Crippen molar-refractivity contribution < 1.29 is 24.2 Å². The van der Waals surface area contributed by atoms with E-state index in [9.17, 15) is 19.5 Å².